The molecule has 2 aliphatic heterocycles. The van der Waals surface area contributed by atoms with E-state index >= 15 is 0 Å². The Balaban J connectivity index is 1.73. The molecular weight excluding hydrogens is 245 g/mol. The van der Waals surface area contributed by atoms with Gasteiger partial charge in [-0.3, -0.25) is 4.98 Å². The zero-order valence-electron chi connectivity index (χ0n) is 12.7. The molecule has 1 aromatic rings. The van der Waals surface area contributed by atoms with Crippen LogP contribution in [-0.2, 0) is 5.41 Å². The van der Waals surface area contributed by atoms with Crippen molar-refractivity contribution in [1.29, 1.82) is 0 Å². The van der Waals surface area contributed by atoms with Crippen molar-refractivity contribution in [3.63, 3.8) is 0 Å². The van der Waals surface area contributed by atoms with Crippen molar-refractivity contribution >= 4 is 7.98 Å². The molecule has 2 saturated heterocycles. The second kappa shape index (κ2) is 6.27. The normalized spacial score (nSPS) is 24.0. The quantitative estimate of drug-likeness (QED) is 0.773. The van der Waals surface area contributed by atoms with Gasteiger partial charge < -0.3 is 9.71 Å². The largest absolute Gasteiger partial charge is 0.349 e. The van der Waals surface area contributed by atoms with E-state index in [1.54, 1.807) is 0 Å². The predicted molar refractivity (Wildman–Crippen MR) is 85.6 cm³/mol. The molecule has 2 aliphatic rings. The van der Waals surface area contributed by atoms with Crippen molar-refractivity contribution in [2.45, 2.75) is 37.5 Å². The molecule has 0 radical (unpaired) electrons. The van der Waals surface area contributed by atoms with Crippen LogP contribution in [0.25, 0.3) is 0 Å². The number of rotatable bonds is 4. The highest BCUT2D eigenvalue weighted by atomic mass is 15.1. The third-order valence-electron chi connectivity index (χ3n) is 5.32. The Bertz CT molecular complexity index is 409. The summed E-state index contributed by atoms with van der Waals surface area (Å²) in [6.07, 6.45) is 10.6. The van der Waals surface area contributed by atoms with Crippen molar-refractivity contribution in [1.82, 2.24) is 14.7 Å². The molecule has 0 amide bonds. The van der Waals surface area contributed by atoms with Crippen molar-refractivity contribution in [3.05, 3.63) is 30.1 Å². The summed E-state index contributed by atoms with van der Waals surface area (Å²) in [6, 6.07) is 4.40. The van der Waals surface area contributed by atoms with Gasteiger partial charge in [0.2, 0.25) is 0 Å². The maximum Gasteiger partial charge on any atom is 0.185 e. The van der Waals surface area contributed by atoms with Gasteiger partial charge in [-0.15, -0.1) is 0 Å². The minimum absolute atomic E-state index is 0.364. The molecule has 20 heavy (non-hydrogen) atoms. The molecule has 2 fully saturated rings. The number of aromatic nitrogens is 1. The van der Waals surface area contributed by atoms with Crippen LogP contribution in [-0.4, -0.2) is 55.4 Å². The highest BCUT2D eigenvalue weighted by molar-refractivity contribution is 6.04. The van der Waals surface area contributed by atoms with E-state index in [2.05, 4.69) is 41.0 Å². The summed E-state index contributed by atoms with van der Waals surface area (Å²) in [4.78, 5) is 9.49. The van der Waals surface area contributed by atoms with Crippen LogP contribution in [0.3, 0.4) is 0 Å². The zero-order chi connectivity index (χ0) is 13.8. The van der Waals surface area contributed by atoms with Crippen LogP contribution in [0, 0.1) is 0 Å². The lowest BCUT2D eigenvalue weighted by molar-refractivity contribution is 0.197. The Morgan fingerprint density at radius 3 is 2.55 bits per heavy atom. The average Bonchev–Trinajstić information content (AvgIpc) is 3.01. The molecule has 1 aromatic heterocycles. The Kier molecular flexibility index (Phi) is 4.42. The van der Waals surface area contributed by atoms with Gasteiger partial charge >= 0.3 is 0 Å². The van der Waals surface area contributed by atoms with Gasteiger partial charge in [0, 0.05) is 17.8 Å². The average molecular weight is 271 g/mol. The molecule has 0 saturated carbocycles. The summed E-state index contributed by atoms with van der Waals surface area (Å²) in [5.41, 5.74) is 1.83. The molecule has 0 spiro atoms. The van der Waals surface area contributed by atoms with E-state index in [-0.39, 0.29) is 0 Å². The van der Waals surface area contributed by atoms with Gasteiger partial charge in [-0.05, 0) is 76.5 Å². The molecule has 3 rings (SSSR count). The topological polar surface area (TPSA) is 19.4 Å². The number of hydrogen-bond acceptors (Lipinski definition) is 3. The Hall–Kier alpha value is -0.865. The lowest BCUT2D eigenvalue weighted by atomic mass is 9.70. The minimum atomic E-state index is 0.364. The summed E-state index contributed by atoms with van der Waals surface area (Å²) >= 11 is 0. The molecule has 0 aromatic carbocycles. The van der Waals surface area contributed by atoms with Gasteiger partial charge in [-0.1, -0.05) is 6.07 Å². The molecule has 0 bridgehead atoms. The zero-order valence-corrected chi connectivity index (χ0v) is 12.7. The van der Waals surface area contributed by atoms with E-state index in [4.69, 9.17) is 0 Å². The molecule has 0 N–H and O–H groups in total. The van der Waals surface area contributed by atoms with E-state index < -0.39 is 0 Å². The van der Waals surface area contributed by atoms with Crippen LogP contribution in [0.2, 0.25) is 0 Å². The smallest absolute Gasteiger partial charge is 0.185 e. The molecule has 4 heteroatoms. The van der Waals surface area contributed by atoms with Crippen LogP contribution in [0.1, 0.15) is 37.7 Å². The van der Waals surface area contributed by atoms with Gasteiger partial charge in [0.15, 0.2) is 7.98 Å². The van der Waals surface area contributed by atoms with Crippen LogP contribution >= 0.6 is 0 Å². The molecular formula is C16H26BN3. The maximum absolute atomic E-state index is 4.38. The van der Waals surface area contributed by atoms with Gasteiger partial charge in [0.1, 0.15) is 0 Å². The molecule has 108 valence electrons. The fourth-order valence-electron chi connectivity index (χ4n) is 3.78. The summed E-state index contributed by atoms with van der Waals surface area (Å²) in [5.74, 6) is 0. The lowest BCUT2D eigenvalue weighted by Crippen LogP contribution is -2.43. The Morgan fingerprint density at radius 2 is 1.90 bits per heavy atom. The molecule has 3 nitrogen and oxygen atoms in total. The fourth-order valence-corrected chi connectivity index (χ4v) is 3.78. The van der Waals surface area contributed by atoms with E-state index in [1.165, 1.54) is 70.4 Å². The van der Waals surface area contributed by atoms with Crippen LogP contribution < -0.4 is 0 Å². The van der Waals surface area contributed by atoms with Gasteiger partial charge in [0.05, 0.1) is 0 Å². The van der Waals surface area contributed by atoms with Gasteiger partial charge in [-0.25, -0.2) is 0 Å². The SMILES string of the molecule is BN1CCC(CCN2CCCC2)(c2cccnc2)CC1. The summed E-state index contributed by atoms with van der Waals surface area (Å²) in [7, 11) is 2.24. The van der Waals surface area contributed by atoms with Crippen molar-refractivity contribution in [2.75, 3.05) is 32.7 Å². The third kappa shape index (κ3) is 3.07. The van der Waals surface area contributed by atoms with E-state index in [0.29, 0.717) is 5.41 Å². The Morgan fingerprint density at radius 1 is 1.15 bits per heavy atom. The van der Waals surface area contributed by atoms with Crippen LogP contribution in [0.4, 0.5) is 0 Å². The van der Waals surface area contributed by atoms with Gasteiger partial charge in [-0.2, -0.15) is 0 Å². The molecule has 0 atom stereocenters. The fraction of sp³-hybridized carbons (Fsp3) is 0.688. The van der Waals surface area contributed by atoms with E-state index in [1.807, 2.05) is 6.20 Å². The number of pyridine rings is 1. The summed E-state index contributed by atoms with van der Waals surface area (Å²) in [5, 5.41) is 0. The first kappa shape index (κ1) is 14.1. The third-order valence-corrected chi connectivity index (χ3v) is 5.32. The molecule has 0 aliphatic carbocycles. The number of piperidine rings is 1. The maximum atomic E-state index is 4.38. The first-order valence-electron chi connectivity index (χ1n) is 8.10. The summed E-state index contributed by atoms with van der Waals surface area (Å²) in [6.45, 7) is 6.31. The second-order valence-corrected chi connectivity index (χ2v) is 6.62. The van der Waals surface area contributed by atoms with Crippen molar-refractivity contribution < 1.29 is 0 Å². The molecule has 3 heterocycles. The van der Waals surface area contributed by atoms with Crippen molar-refractivity contribution in [3.8, 4) is 0 Å². The van der Waals surface area contributed by atoms with E-state index in [0.717, 1.165) is 0 Å². The Labute approximate surface area is 123 Å². The lowest BCUT2D eigenvalue weighted by Gasteiger charge is -2.42. The number of nitrogens with zero attached hydrogens (tertiary/aromatic N) is 3. The predicted octanol–water partition coefficient (Wildman–Crippen LogP) is 1.45. The van der Waals surface area contributed by atoms with Crippen LogP contribution in [0.15, 0.2) is 24.5 Å². The van der Waals surface area contributed by atoms with E-state index in [9.17, 15) is 0 Å². The highest BCUT2D eigenvalue weighted by Crippen LogP contribution is 2.38. The number of hydrogen-bond donors (Lipinski definition) is 0. The first-order chi connectivity index (χ1) is 9.78. The van der Waals surface area contributed by atoms with Crippen LogP contribution in [0.5, 0.6) is 0 Å². The first-order valence-corrected chi connectivity index (χ1v) is 8.10. The highest BCUT2D eigenvalue weighted by Gasteiger charge is 2.35. The number of likely N-dealkylation sites (tertiary alicyclic amines) is 1. The monoisotopic (exact) mass is 271 g/mol. The molecule has 0 unspecified atom stereocenters. The second-order valence-electron chi connectivity index (χ2n) is 6.62. The van der Waals surface area contributed by atoms with Gasteiger partial charge in [0.25, 0.3) is 0 Å². The minimum Gasteiger partial charge on any atom is -0.349 e. The summed E-state index contributed by atoms with van der Waals surface area (Å²) < 4.78 is 0. The standard InChI is InChI=1S/C16H26BN3/c17-20-12-6-16(7-13-20,15-4-3-8-18-14-15)5-11-19-9-1-2-10-19/h3-4,8,14H,1-2,5-7,9-13,17H2. The van der Waals surface area contributed by atoms with Crippen molar-refractivity contribution in [2.24, 2.45) is 0 Å².